The van der Waals surface area contributed by atoms with E-state index in [1.807, 2.05) is 23.1 Å². The summed E-state index contributed by atoms with van der Waals surface area (Å²) < 4.78 is 0. The van der Waals surface area contributed by atoms with Gasteiger partial charge in [-0.05, 0) is 18.2 Å². The molecule has 0 unspecified atom stereocenters. The fraction of sp³-hybridized carbons (Fsp3) is 0.294. The summed E-state index contributed by atoms with van der Waals surface area (Å²) in [7, 11) is 0. The van der Waals surface area contributed by atoms with Crippen LogP contribution >= 0.6 is 11.6 Å². The molecule has 0 aliphatic carbocycles. The van der Waals surface area contributed by atoms with Gasteiger partial charge >= 0.3 is 0 Å². The maximum absolute atomic E-state index is 12.4. The molecule has 0 bridgehead atoms. The van der Waals surface area contributed by atoms with Crippen LogP contribution in [0.4, 0.5) is 0 Å². The zero-order valence-corrected chi connectivity index (χ0v) is 13.1. The van der Waals surface area contributed by atoms with E-state index in [1.165, 1.54) is 10.5 Å². The third-order valence-corrected chi connectivity index (χ3v) is 4.45. The Balaban J connectivity index is 1.57. The minimum absolute atomic E-state index is 0.0965. The number of quaternary nitrogens is 1. The van der Waals surface area contributed by atoms with Crippen LogP contribution in [0.5, 0.6) is 0 Å². The molecule has 1 aliphatic rings. The Morgan fingerprint density at radius 1 is 1.14 bits per heavy atom. The van der Waals surface area contributed by atoms with E-state index in [2.05, 4.69) is 11.1 Å². The summed E-state index contributed by atoms with van der Waals surface area (Å²) in [6, 6.07) is 11.5. The topological polar surface area (TPSA) is 37.6 Å². The minimum Gasteiger partial charge on any atom is -0.328 e. The van der Waals surface area contributed by atoms with Gasteiger partial charge in [-0.25, -0.2) is 0 Å². The predicted octanol–water partition coefficient (Wildman–Crippen LogP) is 1.28. The van der Waals surface area contributed by atoms with Gasteiger partial charge in [0.1, 0.15) is 6.54 Å². The van der Waals surface area contributed by atoms with Crippen molar-refractivity contribution in [2.24, 2.45) is 0 Å². The van der Waals surface area contributed by atoms with Crippen LogP contribution in [0, 0.1) is 0 Å². The summed E-state index contributed by atoms with van der Waals surface area (Å²) in [4.78, 5) is 19.7. The molecule has 3 rings (SSSR count). The lowest BCUT2D eigenvalue weighted by Gasteiger charge is -2.32. The highest BCUT2D eigenvalue weighted by Crippen LogP contribution is 2.13. The number of benzene rings is 1. The first-order valence-electron chi connectivity index (χ1n) is 7.50. The van der Waals surface area contributed by atoms with E-state index in [0.29, 0.717) is 5.56 Å². The van der Waals surface area contributed by atoms with Crippen molar-refractivity contribution in [2.45, 2.75) is 6.54 Å². The van der Waals surface area contributed by atoms with Crippen molar-refractivity contribution in [1.82, 2.24) is 9.88 Å². The number of pyridine rings is 1. The molecule has 5 heteroatoms. The van der Waals surface area contributed by atoms with Crippen LogP contribution in [-0.4, -0.2) is 42.0 Å². The molecule has 1 N–H and O–H groups in total. The molecule has 0 spiro atoms. The molecule has 1 saturated heterocycles. The van der Waals surface area contributed by atoms with Gasteiger partial charge in [0.25, 0.3) is 5.91 Å². The quantitative estimate of drug-likeness (QED) is 0.926. The van der Waals surface area contributed by atoms with E-state index in [0.717, 1.165) is 37.7 Å². The van der Waals surface area contributed by atoms with Gasteiger partial charge in [0.2, 0.25) is 0 Å². The van der Waals surface area contributed by atoms with Crippen molar-refractivity contribution in [3.05, 3.63) is 64.9 Å². The van der Waals surface area contributed by atoms with Gasteiger partial charge in [0.15, 0.2) is 0 Å². The van der Waals surface area contributed by atoms with Crippen LogP contribution < -0.4 is 4.90 Å². The number of amides is 1. The lowest BCUT2D eigenvalue weighted by molar-refractivity contribution is -0.917. The average Bonchev–Trinajstić information content (AvgIpc) is 2.58. The molecule has 1 aliphatic heterocycles. The number of nitrogens with one attached hydrogen (secondary N) is 1. The minimum atomic E-state index is 0.0965. The van der Waals surface area contributed by atoms with E-state index in [-0.39, 0.29) is 5.91 Å². The highest BCUT2D eigenvalue weighted by molar-refractivity contribution is 6.31. The molecule has 4 nitrogen and oxygen atoms in total. The summed E-state index contributed by atoms with van der Waals surface area (Å²) in [6.07, 6.45) is 3.32. The second-order valence-corrected chi connectivity index (χ2v) is 5.95. The fourth-order valence-electron chi connectivity index (χ4n) is 2.79. The summed E-state index contributed by atoms with van der Waals surface area (Å²) in [5.41, 5.74) is 1.89. The molecule has 0 radical (unpaired) electrons. The van der Waals surface area contributed by atoms with Gasteiger partial charge in [-0.2, -0.15) is 0 Å². The summed E-state index contributed by atoms with van der Waals surface area (Å²) in [5.74, 6) is 0.0965. The third-order valence-electron chi connectivity index (χ3n) is 4.08. The first-order valence-corrected chi connectivity index (χ1v) is 7.88. The molecule has 2 heterocycles. The van der Waals surface area contributed by atoms with E-state index in [9.17, 15) is 4.79 Å². The van der Waals surface area contributed by atoms with Crippen LogP contribution in [0.2, 0.25) is 5.02 Å². The van der Waals surface area contributed by atoms with Gasteiger partial charge in [0, 0.05) is 28.5 Å². The molecular formula is C17H19ClN3O+. The largest absolute Gasteiger partial charge is 0.328 e. The second kappa shape index (κ2) is 6.90. The average molecular weight is 317 g/mol. The lowest BCUT2D eigenvalue weighted by atomic mass is 10.2. The van der Waals surface area contributed by atoms with Gasteiger partial charge in [-0.1, -0.05) is 29.8 Å². The molecule has 22 heavy (non-hydrogen) atoms. The van der Waals surface area contributed by atoms with Crippen molar-refractivity contribution in [3.8, 4) is 0 Å². The van der Waals surface area contributed by atoms with E-state index in [1.54, 1.807) is 24.5 Å². The van der Waals surface area contributed by atoms with Crippen LogP contribution in [-0.2, 0) is 6.54 Å². The molecule has 114 valence electrons. The zero-order chi connectivity index (χ0) is 15.4. The molecule has 1 fully saturated rings. The molecule has 2 aromatic rings. The molecule has 1 aromatic carbocycles. The number of halogens is 1. The smallest absolute Gasteiger partial charge is 0.254 e. The molecular weight excluding hydrogens is 298 g/mol. The Labute approximate surface area is 135 Å². The Bertz CT molecular complexity index is 639. The SMILES string of the molecule is O=C(c1ccncc1)N1CC[NH+](Cc2ccccc2Cl)CC1. The summed E-state index contributed by atoms with van der Waals surface area (Å²) in [5, 5.41) is 0.824. The van der Waals surface area contributed by atoms with Gasteiger partial charge < -0.3 is 9.80 Å². The molecule has 1 amide bonds. The predicted molar refractivity (Wildman–Crippen MR) is 86.0 cm³/mol. The summed E-state index contributed by atoms with van der Waals surface area (Å²) >= 11 is 6.22. The van der Waals surface area contributed by atoms with Crippen molar-refractivity contribution >= 4 is 17.5 Å². The van der Waals surface area contributed by atoms with Crippen LogP contribution in [0.3, 0.4) is 0 Å². The third kappa shape index (κ3) is 3.46. The van der Waals surface area contributed by atoms with Crippen LogP contribution in [0.1, 0.15) is 15.9 Å². The van der Waals surface area contributed by atoms with Crippen molar-refractivity contribution < 1.29 is 9.69 Å². The van der Waals surface area contributed by atoms with Crippen molar-refractivity contribution in [2.75, 3.05) is 26.2 Å². The number of carbonyl (C=O) groups excluding carboxylic acids is 1. The monoisotopic (exact) mass is 316 g/mol. The first-order chi connectivity index (χ1) is 10.7. The Morgan fingerprint density at radius 3 is 2.50 bits per heavy atom. The first kappa shape index (κ1) is 15.0. The molecule has 1 aromatic heterocycles. The highest BCUT2D eigenvalue weighted by atomic mass is 35.5. The van der Waals surface area contributed by atoms with E-state index >= 15 is 0 Å². The van der Waals surface area contributed by atoms with E-state index in [4.69, 9.17) is 11.6 Å². The normalized spacial score (nSPS) is 15.8. The number of carbonyl (C=O) groups is 1. The van der Waals surface area contributed by atoms with Gasteiger partial charge in [-0.15, -0.1) is 0 Å². The van der Waals surface area contributed by atoms with Crippen LogP contribution in [0.15, 0.2) is 48.8 Å². The molecule has 0 atom stereocenters. The van der Waals surface area contributed by atoms with Crippen LogP contribution in [0.25, 0.3) is 0 Å². The number of hydrogen-bond donors (Lipinski definition) is 1. The Kier molecular flexibility index (Phi) is 4.71. The Morgan fingerprint density at radius 2 is 1.82 bits per heavy atom. The summed E-state index contributed by atoms with van der Waals surface area (Å²) in [6.45, 7) is 4.36. The maximum atomic E-state index is 12.4. The number of piperazine rings is 1. The maximum Gasteiger partial charge on any atom is 0.254 e. The second-order valence-electron chi connectivity index (χ2n) is 5.55. The number of nitrogens with zero attached hydrogens (tertiary/aromatic N) is 2. The number of hydrogen-bond acceptors (Lipinski definition) is 2. The van der Waals surface area contributed by atoms with Crippen molar-refractivity contribution in [1.29, 1.82) is 0 Å². The van der Waals surface area contributed by atoms with Gasteiger partial charge in [-0.3, -0.25) is 9.78 Å². The van der Waals surface area contributed by atoms with E-state index < -0.39 is 0 Å². The highest BCUT2D eigenvalue weighted by Gasteiger charge is 2.24. The van der Waals surface area contributed by atoms with Gasteiger partial charge in [0.05, 0.1) is 26.2 Å². The number of rotatable bonds is 3. The lowest BCUT2D eigenvalue weighted by Crippen LogP contribution is -3.13. The van der Waals surface area contributed by atoms with Crippen molar-refractivity contribution in [3.63, 3.8) is 0 Å². The standard InChI is InChI=1S/C17H18ClN3O/c18-16-4-2-1-3-15(16)13-20-9-11-21(12-10-20)17(22)14-5-7-19-8-6-14/h1-8H,9-13H2/p+1. The fourth-order valence-corrected chi connectivity index (χ4v) is 2.99. The number of aromatic nitrogens is 1. The Hall–Kier alpha value is -1.91. The molecule has 0 saturated carbocycles. The zero-order valence-electron chi connectivity index (χ0n) is 12.3.